The lowest BCUT2D eigenvalue weighted by molar-refractivity contribution is -0.140. The summed E-state index contributed by atoms with van der Waals surface area (Å²) in [7, 11) is -2.63. The van der Waals surface area contributed by atoms with Crippen molar-refractivity contribution in [1.29, 1.82) is 0 Å². The third-order valence-corrected chi connectivity index (χ3v) is 4.10. The van der Waals surface area contributed by atoms with Crippen LogP contribution < -0.4 is 9.46 Å². The molecule has 9 heteroatoms. The molecule has 3 N–H and O–H groups in total. The third kappa shape index (κ3) is 5.04. The van der Waals surface area contributed by atoms with E-state index in [2.05, 4.69) is 0 Å². The molecule has 0 spiro atoms. The Balaban J connectivity index is 2.89. The van der Waals surface area contributed by atoms with Crippen molar-refractivity contribution in [2.75, 3.05) is 7.11 Å². The summed E-state index contributed by atoms with van der Waals surface area (Å²) < 4.78 is 30.9. The van der Waals surface area contributed by atoms with Gasteiger partial charge in [0.25, 0.3) is 0 Å². The van der Waals surface area contributed by atoms with Gasteiger partial charge in [0, 0.05) is 6.42 Å². The third-order valence-electron chi connectivity index (χ3n) is 2.61. The second kappa shape index (κ2) is 7.04. The summed E-state index contributed by atoms with van der Waals surface area (Å²) in [6.07, 6.45) is -0.803. The van der Waals surface area contributed by atoms with Crippen LogP contribution in [0.1, 0.15) is 12.8 Å². The van der Waals surface area contributed by atoms with Crippen LogP contribution in [0.5, 0.6) is 5.75 Å². The first-order valence-corrected chi connectivity index (χ1v) is 7.35. The molecule has 1 rings (SSSR count). The van der Waals surface area contributed by atoms with Gasteiger partial charge in [-0.05, 0) is 30.7 Å². The number of carboxylic acid groups (broad SMARTS) is 2. The van der Waals surface area contributed by atoms with Gasteiger partial charge in [0.05, 0.1) is 12.0 Å². The Labute approximate surface area is 121 Å². The van der Waals surface area contributed by atoms with Gasteiger partial charge in [-0.2, -0.15) is 4.72 Å². The molecule has 0 aliphatic carbocycles. The van der Waals surface area contributed by atoms with Crippen LogP contribution in [0.3, 0.4) is 0 Å². The summed E-state index contributed by atoms with van der Waals surface area (Å²) in [4.78, 5) is 21.3. The Morgan fingerprint density at radius 2 is 1.81 bits per heavy atom. The molecule has 0 unspecified atom stereocenters. The lowest BCUT2D eigenvalue weighted by atomic mass is 10.2. The maximum Gasteiger partial charge on any atom is 0.321 e. The minimum absolute atomic E-state index is 0.134. The number of nitrogens with one attached hydrogen (secondary N) is 1. The number of benzene rings is 1. The maximum atomic E-state index is 12.0. The van der Waals surface area contributed by atoms with Gasteiger partial charge in [-0.15, -0.1) is 0 Å². The van der Waals surface area contributed by atoms with Gasteiger partial charge in [0.1, 0.15) is 11.8 Å². The summed E-state index contributed by atoms with van der Waals surface area (Å²) in [5, 5.41) is 17.5. The normalized spacial score (nSPS) is 12.6. The van der Waals surface area contributed by atoms with E-state index in [-0.39, 0.29) is 11.3 Å². The molecule has 0 saturated carbocycles. The van der Waals surface area contributed by atoms with Crippen LogP contribution in [-0.4, -0.2) is 43.7 Å². The number of ether oxygens (including phenoxy) is 1. The molecule has 1 atom stereocenters. The van der Waals surface area contributed by atoms with Crippen molar-refractivity contribution in [2.24, 2.45) is 0 Å². The number of hydrogen-bond donors (Lipinski definition) is 3. The minimum Gasteiger partial charge on any atom is -0.497 e. The van der Waals surface area contributed by atoms with Crippen molar-refractivity contribution in [1.82, 2.24) is 4.72 Å². The molecule has 8 nitrogen and oxygen atoms in total. The van der Waals surface area contributed by atoms with Gasteiger partial charge < -0.3 is 14.9 Å². The van der Waals surface area contributed by atoms with Crippen LogP contribution in [0.4, 0.5) is 0 Å². The molecule has 21 heavy (non-hydrogen) atoms. The maximum absolute atomic E-state index is 12.0. The Morgan fingerprint density at radius 3 is 2.24 bits per heavy atom. The lowest BCUT2D eigenvalue weighted by Gasteiger charge is -2.14. The van der Waals surface area contributed by atoms with Crippen molar-refractivity contribution in [3.8, 4) is 5.75 Å². The van der Waals surface area contributed by atoms with E-state index in [1.807, 2.05) is 4.72 Å². The Kier molecular flexibility index (Phi) is 5.68. The Bertz CT molecular complexity index is 609. The Morgan fingerprint density at radius 1 is 1.24 bits per heavy atom. The standard InChI is InChI=1S/C12H15NO7S/c1-20-8-2-4-9(5-3-8)21(18,19)13-10(12(16)17)6-7-11(14)15/h2-5,10,13H,6-7H2,1H3,(H,14,15)(H,16,17)/t10-/m0/s1. The van der Waals surface area contributed by atoms with E-state index in [1.54, 1.807) is 0 Å². The highest BCUT2D eigenvalue weighted by Crippen LogP contribution is 2.16. The Hall–Kier alpha value is -2.13. The van der Waals surface area contributed by atoms with E-state index in [1.165, 1.54) is 31.4 Å². The first-order chi connectivity index (χ1) is 9.76. The summed E-state index contributed by atoms with van der Waals surface area (Å²) in [6.45, 7) is 0. The van der Waals surface area contributed by atoms with Gasteiger partial charge in [-0.3, -0.25) is 9.59 Å². The zero-order valence-electron chi connectivity index (χ0n) is 11.1. The van der Waals surface area contributed by atoms with Crippen molar-refractivity contribution in [2.45, 2.75) is 23.8 Å². The summed E-state index contributed by atoms with van der Waals surface area (Å²) in [5.74, 6) is -2.19. The molecule has 0 bridgehead atoms. The summed E-state index contributed by atoms with van der Waals surface area (Å²) in [5.41, 5.74) is 0. The molecule has 0 saturated heterocycles. The molecule has 0 amide bonds. The van der Waals surface area contributed by atoms with E-state index < -0.39 is 34.4 Å². The quantitative estimate of drug-likeness (QED) is 0.628. The average molecular weight is 317 g/mol. The number of carboxylic acids is 2. The van der Waals surface area contributed by atoms with Crippen LogP contribution in [-0.2, 0) is 19.6 Å². The van der Waals surface area contributed by atoms with E-state index in [4.69, 9.17) is 14.9 Å². The van der Waals surface area contributed by atoms with E-state index in [0.29, 0.717) is 5.75 Å². The van der Waals surface area contributed by atoms with E-state index in [9.17, 15) is 18.0 Å². The van der Waals surface area contributed by atoms with Gasteiger partial charge in [-0.1, -0.05) is 0 Å². The van der Waals surface area contributed by atoms with Crippen LogP contribution >= 0.6 is 0 Å². The topological polar surface area (TPSA) is 130 Å². The van der Waals surface area contributed by atoms with Crippen LogP contribution in [0.15, 0.2) is 29.2 Å². The fraction of sp³-hybridized carbons (Fsp3) is 0.333. The fourth-order valence-corrected chi connectivity index (χ4v) is 2.73. The fourth-order valence-electron chi connectivity index (χ4n) is 1.51. The molecule has 0 aromatic heterocycles. The lowest BCUT2D eigenvalue weighted by Crippen LogP contribution is -2.41. The first-order valence-electron chi connectivity index (χ1n) is 5.87. The van der Waals surface area contributed by atoms with Crippen molar-refractivity contribution in [3.63, 3.8) is 0 Å². The highest BCUT2D eigenvalue weighted by atomic mass is 32.2. The molecular formula is C12H15NO7S. The van der Waals surface area contributed by atoms with Crippen LogP contribution in [0, 0.1) is 0 Å². The van der Waals surface area contributed by atoms with Crippen molar-refractivity contribution >= 4 is 22.0 Å². The molecule has 0 aliphatic rings. The number of rotatable bonds is 8. The van der Waals surface area contributed by atoms with Gasteiger partial charge in [0.2, 0.25) is 10.0 Å². The number of hydrogen-bond acceptors (Lipinski definition) is 5. The van der Waals surface area contributed by atoms with Crippen molar-refractivity contribution < 1.29 is 33.0 Å². The molecule has 116 valence electrons. The molecule has 0 fully saturated rings. The van der Waals surface area contributed by atoms with Crippen LogP contribution in [0.2, 0.25) is 0 Å². The van der Waals surface area contributed by atoms with E-state index in [0.717, 1.165) is 0 Å². The molecule has 1 aromatic carbocycles. The molecule has 0 aliphatic heterocycles. The average Bonchev–Trinajstić information content (AvgIpc) is 2.43. The largest absolute Gasteiger partial charge is 0.497 e. The SMILES string of the molecule is COc1ccc(S(=O)(=O)N[C@@H](CCC(=O)O)C(=O)O)cc1. The predicted octanol–water partition coefficient (Wildman–Crippen LogP) is 0.292. The smallest absolute Gasteiger partial charge is 0.321 e. The number of methoxy groups -OCH3 is 1. The van der Waals surface area contributed by atoms with Gasteiger partial charge >= 0.3 is 11.9 Å². The van der Waals surface area contributed by atoms with Crippen molar-refractivity contribution in [3.05, 3.63) is 24.3 Å². The summed E-state index contributed by atoms with van der Waals surface area (Å²) >= 11 is 0. The number of sulfonamides is 1. The molecule has 0 heterocycles. The molecular weight excluding hydrogens is 302 g/mol. The van der Waals surface area contributed by atoms with Crippen LogP contribution in [0.25, 0.3) is 0 Å². The summed E-state index contributed by atoms with van der Waals surface area (Å²) in [6, 6.07) is 3.85. The monoisotopic (exact) mass is 317 g/mol. The second-order valence-corrected chi connectivity index (χ2v) is 5.83. The molecule has 1 aromatic rings. The van der Waals surface area contributed by atoms with E-state index >= 15 is 0 Å². The minimum atomic E-state index is -4.06. The number of aliphatic carboxylic acids is 2. The zero-order chi connectivity index (χ0) is 16.0. The predicted molar refractivity (Wildman–Crippen MR) is 71.6 cm³/mol. The zero-order valence-corrected chi connectivity index (χ0v) is 12.0. The highest BCUT2D eigenvalue weighted by Gasteiger charge is 2.25. The molecule has 0 radical (unpaired) electrons. The van der Waals surface area contributed by atoms with Gasteiger partial charge in [0.15, 0.2) is 0 Å². The number of carbonyl (C=O) groups is 2. The highest BCUT2D eigenvalue weighted by molar-refractivity contribution is 7.89. The van der Waals surface area contributed by atoms with Gasteiger partial charge in [-0.25, -0.2) is 8.42 Å². The first kappa shape index (κ1) is 16.9. The second-order valence-electron chi connectivity index (χ2n) is 4.12.